The number of fused-ring (bicyclic) bond motifs is 1. The molecule has 27 heavy (non-hydrogen) atoms. The van der Waals surface area contributed by atoms with E-state index in [-0.39, 0.29) is 17.2 Å². The van der Waals surface area contributed by atoms with Gasteiger partial charge >= 0.3 is 0 Å². The van der Waals surface area contributed by atoms with Gasteiger partial charge in [-0.1, -0.05) is 12.1 Å². The quantitative estimate of drug-likeness (QED) is 0.497. The maximum absolute atomic E-state index is 13.4. The van der Waals surface area contributed by atoms with Crippen LogP contribution in [0.15, 0.2) is 64.0 Å². The van der Waals surface area contributed by atoms with Gasteiger partial charge in [0, 0.05) is 11.8 Å². The first kappa shape index (κ1) is 16.8. The Kier molecular flexibility index (Phi) is 4.08. The molecule has 4 aromatic rings. The van der Waals surface area contributed by atoms with Crippen LogP contribution < -0.4 is 0 Å². The summed E-state index contributed by atoms with van der Waals surface area (Å²) in [6.45, 7) is 1.95. The highest BCUT2D eigenvalue weighted by atomic mass is 19.1. The van der Waals surface area contributed by atoms with Crippen LogP contribution in [0.3, 0.4) is 0 Å². The Bertz CT molecular complexity index is 1180. The number of phenols is 2. The Labute approximate surface area is 154 Å². The molecule has 0 bridgehead atoms. The summed E-state index contributed by atoms with van der Waals surface area (Å²) in [5, 5.41) is 19.9. The van der Waals surface area contributed by atoms with Gasteiger partial charge in [-0.05, 0) is 55.0 Å². The smallest absolute Gasteiger partial charge is 0.231 e. The van der Waals surface area contributed by atoms with Crippen molar-refractivity contribution < 1.29 is 19.0 Å². The van der Waals surface area contributed by atoms with E-state index in [9.17, 15) is 14.6 Å². The molecule has 0 atom stereocenters. The highest BCUT2D eigenvalue weighted by Crippen LogP contribution is 2.34. The molecule has 0 saturated heterocycles. The number of hydrogen-bond acceptors (Lipinski definition) is 5. The number of nitrogens with zero attached hydrogens (tertiary/aromatic N) is 2. The van der Waals surface area contributed by atoms with E-state index in [4.69, 9.17) is 4.42 Å². The van der Waals surface area contributed by atoms with Crippen molar-refractivity contribution in [3.63, 3.8) is 0 Å². The number of benzene rings is 3. The summed E-state index contributed by atoms with van der Waals surface area (Å²) < 4.78 is 19.2. The second-order valence-corrected chi connectivity index (χ2v) is 6.13. The molecular formula is C21H15FN2O3. The van der Waals surface area contributed by atoms with Gasteiger partial charge in [0.1, 0.15) is 11.3 Å². The zero-order chi connectivity index (χ0) is 19.0. The van der Waals surface area contributed by atoms with Crippen LogP contribution in [0, 0.1) is 12.7 Å². The van der Waals surface area contributed by atoms with Crippen LogP contribution in [0.5, 0.6) is 11.5 Å². The Balaban J connectivity index is 1.72. The summed E-state index contributed by atoms with van der Waals surface area (Å²) in [6, 6.07) is 14.5. The SMILES string of the molecule is Cc1ccc2nc(-c3cc(N=Cc4cccc(F)c4O)ccc3O)oc2c1. The molecule has 0 aliphatic rings. The van der Waals surface area contributed by atoms with Crippen LogP contribution in [0.25, 0.3) is 22.6 Å². The van der Waals surface area contributed by atoms with Crippen LogP contribution in [0.1, 0.15) is 11.1 Å². The van der Waals surface area contributed by atoms with E-state index < -0.39 is 11.6 Å². The molecule has 0 saturated carbocycles. The summed E-state index contributed by atoms with van der Waals surface area (Å²) >= 11 is 0. The van der Waals surface area contributed by atoms with Crippen molar-refractivity contribution in [1.82, 2.24) is 4.98 Å². The standard InChI is InChI=1S/C21H15FN2O3/c1-12-5-7-17-19(9-12)27-21(24-17)15-10-14(6-8-18(15)25)23-11-13-3-2-4-16(22)20(13)26/h2-11,25-26H,1H3. The fraction of sp³-hybridized carbons (Fsp3) is 0.0476. The van der Waals surface area contributed by atoms with Gasteiger partial charge in [-0.3, -0.25) is 4.99 Å². The molecule has 0 spiro atoms. The lowest BCUT2D eigenvalue weighted by Crippen LogP contribution is -1.85. The minimum absolute atomic E-state index is 0.00540. The van der Waals surface area contributed by atoms with Crippen LogP contribution in [0.2, 0.25) is 0 Å². The maximum Gasteiger partial charge on any atom is 0.231 e. The van der Waals surface area contributed by atoms with Gasteiger partial charge in [-0.15, -0.1) is 0 Å². The zero-order valence-corrected chi connectivity index (χ0v) is 14.3. The summed E-state index contributed by atoms with van der Waals surface area (Å²) in [4.78, 5) is 8.64. The molecule has 0 aliphatic carbocycles. The summed E-state index contributed by atoms with van der Waals surface area (Å²) in [5.41, 5.74) is 3.49. The minimum atomic E-state index is -0.716. The zero-order valence-electron chi connectivity index (χ0n) is 14.3. The number of para-hydroxylation sites is 1. The van der Waals surface area contributed by atoms with Crippen molar-refractivity contribution in [2.24, 2.45) is 4.99 Å². The second kappa shape index (κ2) is 6.57. The van der Waals surface area contributed by atoms with E-state index >= 15 is 0 Å². The van der Waals surface area contributed by atoms with Gasteiger partial charge in [0.2, 0.25) is 5.89 Å². The first-order valence-corrected chi connectivity index (χ1v) is 8.23. The van der Waals surface area contributed by atoms with E-state index in [0.717, 1.165) is 5.56 Å². The van der Waals surface area contributed by atoms with E-state index in [0.29, 0.717) is 22.4 Å². The van der Waals surface area contributed by atoms with E-state index in [1.165, 1.54) is 24.4 Å². The fourth-order valence-corrected chi connectivity index (χ4v) is 2.70. The molecular weight excluding hydrogens is 347 g/mol. The predicted molar refractivity (Wildman–Crippen MR) is 101 cm³/mol. The first-order chi connectivity index (χ1) is 13.0. The monoisotopic (exact) mass is 362 g/mol. The molecule has 0 fully saturated rings. The van der Waals surface area contributed by atoms with Crippen molar-refractivity contribution in [2.45, 2.75) is 6.92 Å². The average Bonchev–Trinajstić information content (AvgIpc) is 3.07. The fourth-order valence-electron chi connectivity index (χ4n) is 2.70. The maximum atomic E-state index is 13.4. The number of oxazole rings is 1. The molecule has 5 nitrogen and oxygen atoms in total. The van der Waals surface area contributed by atoms with Crippen molar-refractivity contribution in [2.75, 3.05) is 0 Å². The number of halogens is 1. The van der Waals surface area contributed by atoms with Gasteiger partial charge < -0.3 is 14.6 Å². The van der Waals surface area contributed by atoms with Gasteiger partial charge in [-0.2, -0.15) is 0 Å². The van der Waals surface area contributed by atoms with Gasteiger partial charge in [0.25, 0.3) is 0 Å². The topological polar surface area (TPSA) is 78.9 Å². The normalized spacial score (nSPS) is 11.5. The minimum Gasteiger partial charge on any atom is -0.507 e. The van der Waals surface area contributed by atoms with E-state index in [2.05, 4.69) is 9.98 Å². The number of aryl methyl sites for hydroxylation is 1. The Morgan fingerprint density at radius 2 is 1.93 bits per heavy atom. The van der Waals surface area contributed by atoms with Crippen LogP contribution in [-0.2, 0) is 0 Å². The summed E-state index contributed by atoms with van der Waals surface area (Å²) in [6.07, 6.45) is 1.35. The number of phenolic OH excluding ortho intramolecular Hbond substituents is 2. The second-order valence-electron chi connectivity index (χ2n) is 6.13. The predicted octanol–water partition coefficient (Wildman–Crippen LogP) is 5.10. The molecule has 3 aromatic carbocycles. The van der Waals surface area contributed by atoms with Crippen LogP contribution in [-0.4, -0.2) is 21.4 Å². The molecule has 2 N–H and O–H groups in total. The lowest BCUT2D eigenvalue weighted by molar-refractivity contribution is 0.431. The molecule has 1 heterocycles. The molecule has 0 radical (unpaired) electrons. The Morgan fingerprint density at radius 3 is 2.78 bits per heavy atom. The highest BCUT2D eigenvalue weighted by Gasteiger charge is 2.13. The lowest BCUT2D eigenvalue weighted by Gasteiger charge is -2.02. The van der Waals surface area contributed by atoms with Crippen molar-refractivity contribution >= 4 is 23.0 Å². The third kappa shape index (κ3) is 3.25. The molecule has 1 aromatic heterocycles. The molecule has 6 heteroatoms. The lowest BCUT2D eigenvalue weighted by atomic mass is 10.1. The van der Waals surface area contributed by atoms with Crippen LogP contribution in [0.4, 0.5) is 10.1 Å². The van der Waals surface area contributed by atoms with E-state index in [1.54, 1.807) is 18.2 Å². The number of aliphatic imine (C=N–C) groups is 1. The van der Waals surface area contributed by atoms with Crippen LogP contribution >= 0.6 is 0 Å². The summed E-state index contributed by atoms with van der Waals surface area (Å²) in [5.74, 6) is -0.897. The summed E-state index contributed by atoms with van der Waals surface area (Å²) in [7, 11) is 0. The van der Waals surface area contributed by atoms with Crippen molar-refractivity contribution in [3.05, 3.63) is 71.5 Å². The molecule has 4 rings (SSSR count). The van der Waals surface area contributed by atoms with Crippen molar-refractivity contribution in [1.29, 1.82) is 0 Å². The third-order valence-electron chi connectivity index (χ3n) is 4.13. The van der Waals surface area contributed by atoms with Gasteiger partial charge in [-0.25, -0.2) is 9.37 Å². The third-order valence-corrected chi connectivity index (χ3v) is 4.13. The largest absolute Gasteiger partial charge is 0.507 e. The molecule has 0 unspecified atom stereocenters. The van der Waals surface area contributed by atoms with Crippen molar-refractivity contribution in [3.8, 4) is 23.0 Å². The molecule has 0 aliphatic heterocycles. The molecule has 134 valence electrons. The van der Waals surface area contributed by atoms with E-state index in [1.807, 2.05) is 25.1 Å². The molecule has 0 amide bonds. The first-order valence-electron chi connectivity index (χ1n) is 8.23. The number of hydrogen-bond donors (Lipinski definition) is 2. The Morgan fingerprint density at radius 1 is 1.07 bits per heavy atom. The average molecular weight is 362 g/mol. The Hall–Kier alpha value is -3.67. The van der Waals surface area contributed by atoms with Gasteiger partial charge in [0.05, 0.1) is 11.3 Å². The number of aromatic hydroxyl groups is 2. The number of aromatic nitrogens is 1. The van der Waals surface area contributed by atoms with Gasteiger partial charge in [0.15, 0.2) is 17.1 Å². The number of rotatable bonds is 3. The highest BCUT2D eigenvalue weighted by molar-refractivity contribution is 5.86.